The third kappa shape index (κ3) is 2.41. The number of pyridine rings is 1. The quantitative estimate of drug-likeness (QED) is 0.598. The predicted molar refractivity (Wildman–Crippen MR) is 117 cm³/mol. The van der Waals surface area contributed by atoms with Gasteiger partial charge in [-0.3, -0.25) is 19.3 Å². The first-order valence-corrected chi connectivity index (χ1v) is 10.9. The van der Waals surface area contributed by atoms with E-state index in [1.807, 2.05) is 0 Å². The highest BCUT2D eigenvalue weighted by atomic mass is 19.2. The van der Waals surface area contributed by atoms with Crippen LogP contribution in [-0.4, -0.2) is 34.3 Å². The van der Waals surface area contributed by atoms with E-state index in [0.29, 0.717) is 35.1 Å². The summed E-state index contributed by atoms with van der Waals surface area (Å²) in [6.07, 6.45) is 2.33. The lowest BCUT2D eigenvalue weighted by Crippen LogP contribution is -2.62. The van der Waals surface area contributed by atoms with Crippen LogP contribution in [0.5, 0.6) is 5.75 Å². The summed E-state index contributed by atoms with van der Waals surface area (Å²) < 4.78 is 45.2. The molecule has 0 saturated heterocycles. The van der Waals surface area contributed by atoms with Crippen LogP contribution in [0.3, 0.4) is 0 Å². The zero-order chi connectivity index (χ0) is 24.1. The molecule has 1 aliphatic heterocycles. The second kappa shape index (κ2) is 6.65. The summed E-state index contributed by atoms with van der Waals surface area (Å²) in [6, 6.07) is 6.67. The van der Waals surface area contributed by atoms with Crippen molar-refractivity contribution in [2.24, 2.45) is 5.92 Å². The standard InChI is InChI=1S/C25H20F3N3O3/c1-12-5-13-6-15-7-14-8-19(27)20(28)10-17(14)25(15,16(13)9-18(12)26)31-11-29(2)24(34)22-23(33)21(32)3-4-30(22)31/h3-5,8-10,15,33H,6-7,11H2,1-2H3. The number of halogens is 3. The van der Waals surface area contributed by atoms with Gasteiger partial charge >= 0.3 is 0 Å². The molecular formula is C25H20F3N3O3. The minimum absolute atomic E-state index is 0.0119. The van der Waals surface area contributed by atoms with Crippen molar-refractivity contribution in [1.29, 1.82) is 0 Å². The van der Waals surface area contributed by atoms with Gasteiger partial charge in [0.05, 0.1) is 0 Å². The summed E-state index contributed by atoms with van der Waals surface area (Å²) in [5, 5.41) is 12.3. The maximum absolute atomic E-state index is 14.9. The van der Waals surface area contributed by atoms with Gasteiger partial charge in [-0.2, -0.15) is 0 Å². The van der Waals surface area contributed by atoms with Crippen molar-refractivity contribution in [2.45, 2.75) is 25.3 Å². The van der Waals surface area contributed by atoms with Gasteiger partial charge in [0, 0.05) is 25.2 Å². The second-order valence-electron chi connectivity index (χ2n) is 9.32. The molecule has 2 heterocycles. The molecule has 3 aromatic rings. The number of rotatable bonds is 1. The number of carbonyl (C=O) groups excluding carboxylic acids is 1. The van der Waals surface area contributed by atoms with Gasteiger partial charge in [0.2, 0.25) is 5.43 Å². The SMILES string of the molecule is Cc1cc2c(cc1F)C1(N3CN(C)C(=O)c4c(O)c(=O)ccn43)c3cc(F)c(F)cc3CC1C2. The Morgan fingerprint density at radius 2 is 1.59 bits per heavy atom. The normalized spacial score (nSPS) is 22.5. The van der Waals surface area contributed by atoms with E-state index in [1.54, 1.807) is 18.0 Å². The molecule has 2 atom stereocenters. The van der Waals surface area contributed by atoms with E-state index >= 15 is 0 Å². The smallest absolute Gasteiger partial charge is 0.277 e. The molecule has 2 aliphatic carbocycles. The number of nitrogens with zero attached hydrogens (tertiary/aromatic N) is 3. The highest BCUT2D eigenvalue weighted by Crippen LogP contribution is 2.57. The lowest BCUT2D eigenvalue weighted by atomic mass is 9.81. The number of carbonyl (C=O) groups is 1. The molecule has 6 nitrogen and oxygen atoms in total. The largest absolute Gasteiger partial charge is 0.502 e. The van der Waals surface area contributed by atoms with Crippen molar-refractivity contribution in [3.8, 4) is 5.75 Å². The van der Waals surface area contributed by atoms with Crippen LogP contribution in [0.2, 0.25) is 0 Å². The minimum atomic E-state index is -1.15. The first-order valence-electron chi connectivity index (χ1n) is 10.9. The molecule has 0 fully saturated rings. The van der Waals surface area contributed by atoms with E-state index in [0.717, 1.165) is 17.7 Å². The maximum atomic E-state index is 14.9. The van der Waals surface area contributed by atoms with Crippen LogP contribution >= 0.6 is 0 Å². The molecule has 34 heavy (non-hydrogen) atoms. The molecular weight excluding hydrogens is 447 g/mol. The lowest BCUT2D eigenvalue weighted by Gasteiger charge is -2.50. The first kappa shape index (κ1) is 20.8. The lowest BCUT2D eigenvalue weighted by molar-refractivity contribution is 0.0697. The highest BCUT2D eigenvalue weighted by molar-refractivity contribution is 5.96. The predicted octanol–water partition coefficient (Wildman–Crippen LogP) is 2.93. The molecule has 3 aliphatic rings. The number of aromatic nitrogens is 1. The van der Waals surface area contributed by atoms with E-state index in [2.05, 4.69) is 0 Å². The Labute approximate surface area is 192 Å². The van der Waals surface area contributed by atoms with Crippen LogP contribution in [0.15, 0.2) is 41.3 Å². The summed E-state index contributed by atoms with van der Waals surface area (Å²) in [6.45, 7) is 1.68. The Bertz CT molecular complexity index is 1420. The Morgan fingerprint density at radius 3 is 2.29 bits per heavy atom. The van der Waals surface area contributed by atoms with Crippen LogP contribution < -0.4 is 10.4 Å². The van der Waals surface area contributed by atoms with Crippen molar-refractivity contribution in [3.63, 3.8) is 0 Å². The van der Waals surface area contributed by atoms with Gasteiger partial charge in [-0.25, -0.2) is 13.2 Å². The third-order valence-electron chi connectivity index (χ3n) is 7.49. The summed E-state index contributed by atoms with van der Waals surface area (Å²) in [5.41, 5.74) is 0.935. The first-order chi connectivity index (χ1) is 16.1. The Kier molecular flexibility index (Phi) is 4.07. The van der Waals surface area contributed by atoms with Crippen LogP contribution in [0.1, 0.15) is 38.3 Å². The van der Waals surface area contributed by atoms with Crippen molar-refractivity contribution in [2.75, 3.05) is 18.7 Å². The molecule has 9 heteroatoms. The van der Waals surface area contributed by atoms with Gasteiger partial charge in [0.15, 0.2) is 23.1 Å². The third-order valence-corrected chi connectivity index (χ3v) is 7.49. The number of aromatic hydroxyl groups is 1. The molecule has 0 saturated carbocycles. The van der Waals surface area contributed by atoms with E-state index in [-0.39, 0.29) is 18.3 Å². The fourth-order valence-electron chi connectivity index (χ4n) is 6.06. The zero-order valence-corrected chi connectivity index (χ0v) is 18.4. The zero-order valence-electron chi connectivity index (χ0n) is 18.4. The Hall–Kier alpha value is -3.75. The minimum Gasteiger partial charge on any atom is -0.502 e. The monoisotopic (exact) mass is 467 g/mol. The summed E-state index contributed by atoms with van der Waals surface area (Å²) >= 11 is 0. The van der Waals surface area contributed by atoms with Crippen molar-refractivity contribution >= 4 is 5.91 Å². The van der Waals surface area contributed by atoms with E-state index in [9.17, 15) is 27.9 Å². The van der Waals surface area contributed by atoms with Gasteiger partial charge in [-0.1, -0.05) is 6.07 Å². The maximum Gasteiger partial charge on any atom is 0.277 e. The van der Waals surface area contributed by atoms with Crippen LogP contribution in [0.4, 0.5) is 13.2 Å². The van der Waals surface area contributed by atoms with Crippen molar-refractivity contribution < 1.29 is 23.1 Å². The summed E-state index contributed by atoms with van der Waals surface area (Å²) in [4.78, 5) is 26.4. The highest BCUT2D eigenvalue weighted by Gasteiger charge is 2.59. The van der Waals surface area contributed by atoms with E-state index < -0.39 is 40.1 Å². The summed E-state index contributed by atoms with van der Waals surface area (Å²) in [7, 11) is 1.52. The Morgan fingerprint density at radius 1 is 0.971 bits per heavy atom. The molecule has 2 aromatic carbocycles. The molecule has 6 rings (SSSR count). The van der Waals surface area contributed by atoms with E-state index in [1.165, 1.54) is 35.0 Å². The molecule has 0 radical (unpaired) electrons. The molecule has 174 valence electrons. The molecule has 0 bridgehead atoms. The Balaban J connectivity index is 1.72. The van der Waals surface area contributed by atoms with Gasteiger partial charge in [-0.15, -0.1) is 0 Å². The van der Waals surface area contributed by atoms with Gasteiger partial charge < -0.3 is 10.0 Å². The van der Waals surface area contributed by atoms with Gasteiger partial charge in [-0.05, 0) is 65.8 Å². The van der Waals surface area contributed by atoms with Crippen LogP contribution in [0.25, 0.3) is 0 Å². The molecule has 1 amide bonds. The topological polar surface area (TPSA) is 65.8 Å². The van der Waals surface area contributed by atoms with Crippen LogP contribution in [-0.2, 0) is 18.4 Å². The average molecular weight is 467 g/mol. The molecule has 1 aromatic heterocycles. The average Bonchev–Trinajstić information content (AvgIpc) is 3.24. The number of hydrogen-bond acceptors (Lipinski definition) is 4. The van der Waals surface area contributed by atoms with Crippen LogP contribution in [0, 0.1) is 30.3 Å². The van der Waals surface area contributed by atoms with Gasteiger partial charge in [0.1, 0.15) is 18.0 Å². The van der Waals surface area contributed by atoms with Crippen molar-refractivity contribution in [1.82, 2.24) is 9.58 Å². The number of benzene rings is 2. The number of hydrogen-bond donors (Lipinski definition) is 1. The fraction of sp³-hybridized carbons (Fsp3) is 0.280. The number of aryl methyl sites for hydroxylation is 1. The second-order valence-corrected chi connectivity index (χ2v) is 9.32. The number of amides is 1. The molecule has 1 N–H and O–H groups in total. The van der Waals surface area contributed by atoms with Crippen molar-refractivity contribution in [3.05, 3.63) is 97.7 Å². The molecule has 2 unspecified atom stereocenters. The van der Waals surface area contributed by atoms with E-state index in [4.69, 9.17) is 0 Å². The molecule has 0 spiro atoms. The van der Waals surface area contributed by atoms with Gasteiger partial charge in [0.25, 0.3) is 5.91 Å². The number of fused-ring (bicyclic) bond motifs is 6. The fourth-order valence-corrected chi connectivity index (χ4v) is 6.06. The summed E-state index contributed by atoms with van der Waals surface area (Å²) in [5.74, 6) is -3.90.